The molecule has 1 aromatic carbocycles. The molecule has 0 amide bonds. The van der Waals surface area contributed by atoms with Gasteiger partial charge in [0.1, 0.15) is 11.5 Å². The maximum absolute atomic E-state index is 5.58. The van der Waals surface area contributed by atoms with E-state index in [2.05, 4.69) is 36.1 Å². The van der Waals surface area contributed by atoms with Crippen molar-refractivity contribution in [3.05, 3.63) is 42.2 Å². The van der Waals surface area contributed by atoms with Crippen LogP contribution in [0.25, 0.3) is 0 Å². The Hall–Kier alpha value is -2.14. The van der Waals surface area contributed by atoms with Gasteiger partial charge in [0.2, 0.25) is 0 Å². The Kier molecular flexibility index (Phi) is 4.75. The second-order valence-electron chi connectivity index (χ2n) is 5.76. The maximum atomic E-state index is 5.58. The van der Waals surface area contributed by atoms with E-state index in [1.54, 1.807) is 19.5 Å². The van der Waals surface area contributed by atoms with Gasteiger partial charge in [-0.3, -0.25) is 0 Å². The van der Waals surface area contributed by atoms with E-state index in [0.717, 1.165) is 17.9 Å². The highest BCUT2D eigenvalue weighted by Gasteiger charge is 2.09. The molecule has 0 bridgehead atoms. The van der Waals surface area contributed by atoms with Crippen LogP contribution in [0.2, 0.25) is 0 Å². The number of hydrogen-bond acceptors (Lipinski definition) is 5. The van der Waals surface area contributed by atoms with Gasteiger partial charge in [0.25, 0.3) is 0 Å². The second-order valence-corrected chi connectivity index (χ2v) is 5.76. The van der Waals surface area contributed by atoms with Crippen LogP contribution in [0, 0.1) is 0 Å². The van der Waals surface area contributed by atoms with Gasteiger partial charge in [-0.1, -0.05) is 0 Å². The number of nitrogens with zero attached hydrogens (tertiary/aromatic N) is 2. The van der Waals surface area contributed by atoms with Crippen LogP contribution < -0.4 is 14.8 Å². The van der Waals surface area contributed by atoms with Gasteiger partial charge in [-0.15, -0.1) is 0 Å². The molecular formula is C16H21N3O2. The highest BCUT2D eigenvalue weighted by atomic mass is 16.5. The molecule has 2 rings (SSSR count). The molecule has 2 aromatic rings. The van der Waals surface area contributed by atoms with Gasteiger partial charge >= 0.3 is 6.01 Å². The first-order valence-corrected chi connectivity index (χ1v) is 6.84. The fourth-order valence-electron chi connectivity index (χ4n) is 1.60. The minimum Gasteiger partial charge on any atom is -0.497 e. The zero-order valence-electron chi connectivity index (χ0n) is 12.9. The summed E-state index contributed by atoms with van der Waals surface area (Å²) in [5.74, 6) is 1.46. The first-order valence-electron chi connectivity index (χ1n) is 6.84. The summed E-state index contributed by atoms with van der Waals surface area (Å²) in [5, 5.41) is 3.39. The molecule has 0 radical (unpaired) electrons. The van der Waals surface area contributed by atoms with E-state index in [-0.39, 0.29) is 5.54 Å². The van der Waals surface area contributed by atoms with Crippen molar-refractivity contribution in [2.24, 2.45) is 0 Å². The quantitative estimate of drug-likeness (QED) is 0.915. The molecule has 0 fully saturated rings. The molecule has 0 aliphatic heterocycles. The molecule has 0 aliphatic rings. The van der Waals surface area contributed by atoms with Crippen LogP contribution in [0.4, 0.5) is 0 Å². The lowest BCUT2D eigenvalue weighted by molar-refractivity contribution is 0.409. The van der Waals surface area contributed by atoms with Crippen molar-refractivity contribution in [1.82, 2.24) is 15.3 Å². The van der Waals surface area contributed by atoms with Crippen LogP contribution in [-0.2, 0) is 6.54 Å². The van der Waals surface area contributed by atoms with Gasteiger partial charge in [-0.05, 0) is 45.0 Å². The van der Waals surface area contributed by atoms with Gasteiger partial charge < -0.3 is 14.8 Å². The summed E-state index contributed by atoms with van der Waals surface area (Å²) in [6.07, 6.45) is 3.54. The molecule has 5 heteroatoms. The fourth-order valence-corrected chi connectivity index (χ4v) is 1.60. The van der Waals surface area contributed by atoms with Crippen LogP contribution in [0.15, 0.2) is 36.7 Å². The molecule has 1 aromatic heterocycles. The highest BCUT2D eigenvalue weighted by Crippen LogP contribution is 2.21. The Morgan fingerprint density at radius 1 is 1.00 bits per heavy atom. The zero-order valence-corrected chi connectivity index (χ0v) is 12.9. The topological polar surface area (TPSA) is 56.3 Å². The summed E-state index contributed by atoms with van der Waals surface area (Å²) < 4.78 is 10.7. The Morgan fingerprint density at radius 2 is 1.57 bits per heavy atom. The summed E-state index contributed by atoms with van der Waals surface area (Å²) in [5.41, 5.74) is 1.09. The lowest BCUT2D eigenvalue weighted by Crippen LogP contribution is -2.35. The molecule has 1 N–H and O–H groups in total. The van der Waals surface area contributed by atoms with Crippen LogP contribution in [0.3, 0.4) is 0 Å². The smallest absolute Gasteiger partial charge is 0.321 e. The molecule has 0 saturated carbocycles. The maximum Gasteiger partial charge on any atom is 0.321 e. The molecule has 0 spiro atoms. The first kappa shape index (κ1) is 15.3. The lowest BCUT2D eigenvalue weighted by atomic mass is 10.1. The molecule has 112 valence electrons. The monoisotopic (exact) mass is 287 g/mol. The Bertz CT molecular complexity index is 560. The number of hydrogen-bond donors (Lipinski definition) is 1. The van der Waals surface area contributed by atoms with Gasteiger partial charge in [-0.25, -0.2) is 9.97 Å². The summed E-state index contributed by atoms with van der Waals surface area (Å²) in [7, 11) is 1.63. The number of nitrogens with one attached hydrogen (secondary N) is 1. The summed E-state index contributed by atoms with van der Waals surface area (Å²) in [4.78, 5) is 8.43. The molecule has 1 heterocycles. The summed E-state index contributed by atoms with van der Waals surface area (Å²) in [6, 6.07) is 7.63. The van der Waals surface area contributed by atoms with Crippen LogP contribution in [-0.4, -0.2) is 22.6 Å². The normalized spacial score (nSPS) is 11.2. The van der Waals surface area contributed by atoms with Crippen LogP contribution >= 0.6 is 0 Å². The van der Waals surface area contributed by atoms with E-state index in [0.29, 0.717) is 11.8 Å². The predicted molar refractivity (Wildman–Crippen MR) is 81.7 cm³/mol. The van der Waals surface area contributed by atoms with Crippen molar-refractivity contribution in [3.8, 4) is 17.5 Å². The third kappa shape index (κ3) is 5.04. The minimum atomic E-state index is 0.0677. The molecule has 0 saturated heterocycles. The standard InChI is InChI=1S/C16H21N3O2/c1-16(2,3)19-11-12-9-17-15(18-10-12)21-14-7-5-13(20-4)6-8-14/h5-10,19H,11H2,1-4H3. The van der Waals surface area contributed by atoms with Gasteiger partial charge in [0.05, 0.1) is 7.11 Å². The predicted octanol–water partition coefficient (Wildman–Crippen LogP) is 3.17. The average Bonchev–Trinajstić information content (AvgIpc) is 2.46. The van der Waals surface area contributed by atoms with Crippen molar-refractivity contribution in [3.63, 3.8) is 0 Å². The number of benzene rings is 1. The van der Waals surface area contributed by atoms with Gasteiger partial charge in [-0.2, -0.15) is 0 Å². The Balaban J connectivity index is 1.95. The van der Waals surface area contributed by atoms with E-state index in [1.165, 1.54) is 0 Å². The van der Waals surface area contributed by atoms with Crippen molar-refractivity contribution < 1.29 is 9.47 Å². The van der Waals surface area contributed by atoms with E-state index >= 15 is 0 Å². The Morgan fingerprint density at radius 3 is 2.10 bits per heavy atom. The van der Waals surface area contributed by atoms with E-state index < -0.39 is 0 Å². The van der Waals surface area contributed by atoms with E-state index in [4.69, 9.17) is 9.47 Å². The lowest BCUT2D eigenvalue weighted by Gasteiger charge is -2.20. The molecule has 21 heavy (non-hydrogen) atoms. The van der Waals surface area contributed by atoms with Crippen molar-refractivity contribution in [2.75, 3.05) is 7.11 Å². The molecule has 0 atom stereocenters. The third-order valence-corrected chi connectivity index (χ3v) is 2.77. The van der Waals surface area contributed by atoms with E-state index in [9.17, 15) is 0 Å². The number of aromatic nitrogens is 2. The largest absolute Gasteiger partial charge is 0.497 e. The van der Waals surface area contributed by atoms with Gasteiger partial charge in [0, 0.05) is 30.0 Å². The van der Waals surface area contributed by atoms with E-state index in [1.807, 2.05) is 24.3 Å². The van der Waals surface area contributed by atoms with Crippen LogP contribution in [0.5, 0.6) is 17.5 Å². The Labute approximate surface area is 125 Å². The molecule has 0 aliphatic carbocycles. The van der Waals surface area contributed by atoms with Crippen molar-refractivity contribution >= 4 is 0 Å². The highest BCUT2D eigenvalue weighted by molar-refractivity contribution is 5.32. The summed E-state index contributed by atoms with van der Waals surface area (Å²) in [6.45, 7) is 7.09. The SMILES string of the molecule is COc1ccc(Oc2ncc(CNC(C)(C)C)cn2)cc1. The van der Waals surface area contributed by atoms with Crippen molar-refractivity contribution in [1.29, 1.82) is 0 Å². The average molecular weight is 287 g/mol. The van der Waals surface area contributed by atoms with Crippen molar-refractivity contribution in [2.45, 2.75) is 32.9 Å². The fraction of sp³-hybridized carbons (Fsp3) is 0.375. The number of methoxy groups -OCH3 is 1. The number of ether oxygens (including phenoxy) is 2. The molecular weight excluding hydrogens is 266 g/mol. The zero-order chi connectivity index (χ0) is 15.3. The molecule has 5 nitrogen and oxygen atoms in total. The van der Waals surface area contributed by atoms with Gasteiger partial charge in [0.15, 0.2) is 0 Å². The third-order valence-electron chi connectivity index (χ3n) is 2.77. The molecule has 0 unspecified atom stereocenters. The van der Waals surface area contributed by atoms with Crippen LogP contribution in [0.1, 0.15) is 26.3 Å². The first-order chi connectivity index (χ1) is 9.96. The summed E-state index contributed by atoms with van der Waals surface area (Å²) >= 11 is 0. The second kappa shape index (κ2) is 6.54. The number of rotatable bonds is 5. The minimum absolute atomic E-state index is 0.0677.